The van der Waals surface area contributed by atoms with Gasteiger partial charge in [-0.1, -0.05) is 0 Å². The van der Waals surface area contributed by atoms with Gasteiger partial charge in [-0.15, -0.1) is 0 Å². The van der Waals surface area contributed by atoms with Crippen molar-refractivity contribution < 1.29 is 4.92 Å². The van der Waals surface area contributed by atoms with Gasteiger partial charge in [0.05, 0.1) is 10.6 Å². The Hall–Kier alpha value is -3.30. The van der Waals surface area contributed by atoms with Crippen LogP contribution in [0.15, 0.2) is 29.4 Å². The Bertz CT molecular complexity index is 736. The van der Waals surface area contributed by atoms with Gasteiger partial charge in [0, 0.05) is 25.2 Å². The molecule has 132 valence electrons. The summed E-state index contributed by atoms with van der Waals surface area (Å²) in [6.45, 7) is 7.04. The Balaban J connectivity index is 2.17. The summed E-state index contributed by atoms with van der Waals surface area (Å²) in [5.41, 5.74) is 4.22. The van der Waals surface area contributed by atoms with Gasteiger partial charge in [-0.05, 0) is 38.5 Å². The molecule has 0 fully saturated rings. The summed E-state index contributed by atoms with van der Waals surface area (Å²) in [7, 11) is 0. The molecule has 2 rings (SSSR count). The number of hydrogen-bond acceptors (Lipinski definition) is 9. The average Bonchev–Trinajstić information content (AvgIpc) is 2.60. The largest absolute Gasteiger partial charge is 0.354 e. The maximum atomic E-state index is 10.7. The van der Waals surface area contributed by atoms with E-state index in [1.807, 2.05) is 13.8 Å². The van der Waals surface area contributed by atoms with Crippen molar-refractivity contribution in [2.75, 3.05) is 29.1 Å². The van der Waals surface area contributed by atoms with Crippen molar-refractivity contribution in [1.29, 1.82) is 0 Å². The van der Waals surface area contributed by atoms with Crippen molar-refractivity contribution in [2.45, 2.75) is 20.8 Å². The summed E-state index contributed by atoms with van der Waals surface area (Å²) in [5.74, 6) is 1.18. The fourth-order valence-electron chi connectivity index (χ4n) is 1.92. The number of non-ortho nitro benzene ring substituents is 1. The number of hydrogen-bond donors (Lipinski definition) is 3. The SMILES string of the molecule is CCNc1nc(NCC)nc(N/N=C(\C)c2ccc([N+](=O)[O-])cc2)n1. The molecule has 1 aromatic heterocycles. The molecular weight excluding hydrogens is 324 g/mol. The lowest BCUT2D eigenvalue weighted by Crippen LogP contribution is -2.11. The van der Waals surface area contributed by atoms with E-state index in [-0.39, 0.29) is 5.69 Å². The standard InChI is InChI=1S/C15H20N8O2/c1-4-16-13-18-14(17-5-2)20-15(19-13)22-21-10(3)11-6-8-12(9-7-11)23(24)25/h6-9H,4-5H2,1-3H3,(H3,16,17,18,19,20,22)/b21-10+. The van der Waals surface area contributed by atoms with Crippen molar-refractivity contribution in [1.82, 2.24) is 15.0 Å². The van der Waals surface area contributed by atoms with Crippen LogP contribution in [-0.2, 0) is 0 Å². The molecule has 0 aliphatic rings. The number of anilines is 3. The quantitative estimate of drug-likeness (QED) is 0.378. The normalized spacial score (nSPS) is 11.1. The maximum absolute atomic E-state index is 10.7. The van der Waals surface area contributed by atoms with Gasteiger partial charge in [-0.2, -0.15) is 20.1 Å². The predicted molar refractivity (Wildman–Crippen MR) is 97.1 cm³/mol. The molecule has 25 heavy (non-hydrogen) atoms. The van der Waals surface area contributed by atoms with Crippen molar-refractivity contribution in [3.63, 3.8) is 0 Å². The second kappa shape index (κ2) is 8.52. The summed E-state index contributed by atoms with van der Waals surface area (Å²) < 4.78 is 0. The molecule has 0 aliphatic carbocycles. The highest BCUT2D eigenvalue weighted by Crippen LogP contribution is 2.13. The summed E-state index contributed by atoms with van der Waals surface area (Å²) in [4.78, 5) is 22.9. The number of hydrazone groups is 1. The van der Waals surface area contributed by atoms with Crippen LogP contribution in [0.3, 0.4) is 0 Å². The highest BCUT2D eigenvalue weighted by Gasteiger charge is 2.07. The third-order valence-corrected chi connectivity index (χ3v) is 3.12. The van der Waals surface area contributed by atoms with Crippen molar-refractivity contribution >= 4 is 29.2 Å². The first-order valence-corrected chi connectivity index (χ1v) is 7.82. The summed E-state index contributed by atoms with van der Waals surface area (Å²) in [5, 5.41) is 21.0. The van der Waals surface area contributed by atoms with Crippen LogP contribution in [0.25, 0.3) is 0 Å². The summed E-state index contributed by atoms with van der Waals surface area (Å²) in [6.07, 6.45) is 0. The topological polar surface area (TPSA) is 130 Å². The zero-order chi connectivity index (χ0) is 18.2. The summed E-state index contributed by atoms with van der Waals surface area (Å²) >= 11 is 0. The molecule has 0 bridgehead atoms. The Kier molecular flexibility index (Phi) is 6.15. The molecule has 1 heterocycles. The zero-order valence-corrected chi connectivity index (χ0v) is 14.3. The first-order valence-electron chi connectivity index (χ1n) is 7.82. The van der Waals surface area contributed by atoms with Gasteiger partial charge < -0.3 is 10.6 Å². The molecule has 0 atom stereocenters. The number of nitrogens with zero attached hydrogens (tertiary/aromatic N) is 5. The third-order valence-electron chi connectivity index (χ3n) is 3.12. The maximum Gasteiger partial charge on any atom is 0.269 e. The lowest BCUT2D eigenvalue weighted by atomic mass is 10.1. The van der Waals surface area contributed by atoms with Crippen molar-refractivity contribution in [2.24, 2.45) is 5.10 Å². The minimum absolute atomic E-state index is 0.0348. The molecule has 0 radical (unpaired) electrons. The molecule has 3 N–H and O–H groups in total. The van der Waals surface area contributed by atoms with E-state index in [0.717, 1.165) is 5.56 Å². The van der Waals surface area contributed by atoms with Crippen LogP contribution in [0.1, 0.15) is 26.3 Å². The fourth-order valence-corrected chi connectivity index (χ4v) is 1.92. The van der Waals surface area contributed by atoms with Crippen LogP contribution < -0.4 is 16.1 Å². The molecular formula is C15H20N8O2. The second-order valence-corrected chi connectivity index (χ2v) is 4.98. The van der Waals surface area contributed by atoms with Crippen LogP contribution in [0, 0.1) is 10.1 Å². The van der Waals surface area contributed by atoms with Crippen LogP contribution in [-0.4, -0.2) is 38.7 Å². The molecule has 1 aromatic carbocycles. The van der Waals surface area contributed by atoms with E-state index in [9.17, 15) is 10.1 Å². The van der Waals surface area contributed by atoms with Gasteiger partial charge in [0.25, 0.3) is 5.69 Å². The molecule has 10 heteroatoms. The Labute approximate surface area is 145 Å². The zero-order valence-electron chi connectivity index (χ0n) is 14.3. The third kappa shape index (κ3) is 5.09. The highest BCUT2D eigenvalue weighted by molar-refractivity contribution is 5.99. The summed E-state index contributed by atoms with van der Waals surface area (Å²) in [6, 6.07) is 6.15. The number of nitrogens with one attached hydrogen (secondary N) is 3. The van der Waals surface area contributed by atoms with E-state index < -0.39 is 4.92 Å². The van der Waals surface area contributed by atoms with Gasteiger partial charge in [-0.25, -0.2) is 5.43 Å². The van der Waals surface area contributed by atoms with Gasteiger partial charge in [0.15, 0.2) is 0 Å². The van der Waals surface area contributed by atoms with Gasteiger partial charge in [-0.3, -0.25) is 10.1 Å². The number of benzene rings is 1. The molecule has 10 nitrogen and oxygen atoms in total. The molecule has 0 amide bonds. The molecule has 0 saturated carbocycles. The Morgan fingerprint density at radius 2 is 1.56 bits per heavy atom. The van der Waals surface area contributed by atoms with Crippen LogP contribution in [0.4, 0.5) is 23.5 Å². The molecule has 0 saturated heterocycles. The van der Waals surface area contributed by atoms with E-state index in [4.69, 9.17) is 0 Å². The van der Waals surface area contributed by atoms with E-state index in [2.05, 4.69) is 36.1 Å². The minimum Gasteiger partial charge on any atom is -0.354 e. The van der Waals surface area contributed by atoms with Crippen LogP contribution >= 0.6 is 0 Å². The van der Waals surface area contributed by atoms with Gasteiger partial charge in [0.2, 0.25) is 17.8 Å². The Morgan fingerprint density at radius 1 is 1.04 bits per heavy atom. The lowest BCUT2D eigenvalue weighted by molar-refractivity contribution is -0.384. The van der Waals surface area contributed by atoms with Crippen LogP contribution in [0.2, 0.25) is 0 Å². The minimum atomic E-state index is -0.441. The van der Waals surface area contributed by atoms with E-state index in [1.54, 1.807) is 19.1 Å². The van der Waals surface area contributed by atoms with Crippen LogP contribution in [0.5, 0.6) is 0 Å². The van der Waals surface area contributed by atoms with E-state index in [1.165, 1.54) is 12.1 Å². The van der Waals surface area contributed by atoms with Crippen molar-refractivity contribution in [3.05, 3.63) is 39.9 Å². The molecule has 0 unspecified atom stereocenters. The first-order chi connectivity index (χ1) is 12.0. The smallest absolute Gasteiger partial charge is 0.269 e. The number of nitro groups is 1. The van der Waals surface area contributed by atoms with Gasteiger partial charge in [0.1, 0.15) is 0 Å². The number of aromatic nitrogens is 3. The van der Waals surface area contributed by atoms with E-state index >= 15 is 0 Å². The highest BCUT2D eigenvalue weighted by atomic mass is 16.6. The monoisotopic (exact) mass is 344 g/mol. The molecule has 0 spiro atoms. The van der Waals surface area contributed by atoms with Gasteiger partial charge >= 0.3 is 0 Å². The van der Waals surface area contributed by atoms with E-state index in [0.29, 0.717) is 36.6 Å². The lowest BCUT2D eigenvalue weighted by Gasteiger charge is -2.08. The predicted octanol–water partition coefficient (Wildman–Crippen LogP) is 2.48. The first kappa shape index (κ1) is 18.0. The number of nitro benzene ring substituents is 1. The number of rotatable bonds is 8. The van der Waals surface area contributed by atoms with Crippen molar-refractivity contribution in [3.8, 4) is 0 Å². The fraction of sp³-hybridized carbons (Fsp3) is 0.333. The molecule has 0 aliphatic heterocycles. The second-order valence-electron chi connectivity index (χ2n) is 4.98. The Morgan fingerprint density at radius 3 is 2.04 bits per heavy atom. The average molecular weight is 344 g/mol. The molecule has 2 aromatic rings.